The highest BCUT2D eigenvalue weighted by molar-refractivity contribution is 5.85. The predicted octanol–water partition coefficient (Wildman–Crippen LogP) is 1.33. The largest absolute Gasteiger partial charge is 0.378 e. The average molecular weight is 344 g/mol. The summed E-state index contributed by atoms with van der Waals surface area (Å²) in [5.41, 5.74) is 6.98. The number of hydrogen-bond donors (Lipinski definition) is 2. The van der Waals surface area contributed by atoms with Crippen LogP contribution >= 0.6 is 0 Å². The summed E-state index contributed by atoms with van der Waals surface area (Å²) in [6.07, 6.45) is 3.85. The van der Waals surface area contributed by atoms with Gasteiger partial charge in [0.2, 0.25) is 5.91 Å². The molecule has 6 nitrogen and oxygen atoms in total. The van der Waals surface area contributed by atoms with Gasteiger partial charge in [-0.15, -0.1) is 0 Å². The van der Waals surface area contributed by atoms with Gasteiger partial charge in [0.25, 0.3) is 0 Å². The number of morpholine rings is 1. The first kappa shape index (κ1) is 17.7. The summed E-state index contributed by atoms with van der Waals surface area (Å²) in [5.74, 6) is 0.949. The van der Waals surface area contributed by atoms with Gasteiger partial charge in [0.1, 0.15) is 0 Å². The second kappa shape index (κ2) is 8.85. The summed E-state index contributed by atoms with van der Waals surface area (Å²) in [5, 5.41) is 3.19. The molecule has 2 fully saturated rings. The first-order valence-electron chi connectivity index (χ1n) is 9.19. The van der Waals surface area contributed by atoms with Crippen LogP contribution in [0.4, 0.5) is 0 Å². The van der Waals surface area contributed by atoms with Gasteiger partial charge >= 0.3 is 0 Å². The molecule has 6 heteroatoms. The summed E-state index contributed by atoms with van der Waals surface area (Å²) in [7, 11) is 0. The van der Waals surface area contributed by atoms with Gasteiger partial charge in [-0.25, -0.2) is 0 Å². The molecular weight excluding hydrogens is 316 g/mol. The maximum absolute atomic E-state index is 13.0. The number of nitrogens with two attached hydrogens (primary N) is 1. The van der Waals surface area contributed by atoms with E-state index >= 15 is 0 Å². The summed E-state index contributed by atoms with van der Waals surface area (Å²) in [6.45, 7) is 3.72. The number of aliphatic imine (C=N–C) groups is 1. The number of rotatable bonds is 6. The number of nitrogens with zero attached hydrogens (tertiary/aromatic N) is 2. The summed E-state index contributed by atoms with van der Waals surface area (Å²) in [6, 6.07) is 9.83. The Morgan fingerprint density at radius 1 is 1.28 bits per heavy atom. The Balaban J connectivity index is 1.64. The monoisotopic (exact) mass is 344 g/mol. The first-order chi connectivity index (χ1) is 12.2. The molecular formula is C19H28N4O2. The van der Waals surface area contributed by atoms with E-state index in [1.54, 1.807) is 0 Å². The topological polar surface area (TPSA) is 80.0 Å². The molecule has 1 aliphatic heterocycles. The molecule has 1 heterocycles. The smallest absolute Gasteiger partial charge is 0.232 e. The molecule has 0 radical (unpaired) electrons. The number of amides is 1. The van der Waals surface area contributed by atoms with Crippen LogP contribution < -0.4 is 11.1 Å². The number of ether oxygens (including phenoxy) is 1. The zero-order chi connectivity index (χ0) is 17.5. The number of guanidine groups is 1. The van der Waals surface area contributed by atoms with Crippen LogP contribution in [0.5, 0.6) is 0 Å². The maximum atomic E-state index is 13.0. The summed E-state index contributed by atoms with van der Waals surface area (Å²) >= 11 is 0. The molecule has 1 aromatic carbocycles. The van der Waals surface area contributed by atoms with Gasteiger partial charge in [-0.2, -0.15) is 0 Å². The second-order valence-corrected chi connectivity index (χ2v) is 6.80. The molecule has 1 aromatic rings. The van der Waals surface area contributed by atoms with Crippen LogP contribution in [-0.2, 0) is 9.53 Å². The fourth-order valence-corrected chi connectivity index (χ4v) is 3.21. The fraction of sp³-hybridized carbons (Fsp3) is 0.579. The zero-order valence-corrected chi connectivity index (χ0v) is 14.7. The Morgan fingerprint density at radius 2 is 2.00 bits per heavy atom. The van der Waals surface area contributed by atoms with E-state index in [-0.39, 0.29) is 11.8 Å². The van der Waals surface area contributed by atoms with Crippen molar-refractivity contribution in [3.05, 3.63) is 35.9 Å². The van der Waals surface area contributed by atoms with Crippen LogP contribution in [0.1, 0.15) is 30.7 Å². The molecule has 0 bridgehead atoms. The molecule has 0 aromatic heterocycles. The molecule has 0 spiro atoms. The van der Waals surface area contributed by atoms with E-state index in [4.69, 9.17) is 10.5 Å². The van der Waals surface area contributed by atoms with Crippen molar-refractivity contribution in [3.8, 4) is 0 Å². The van der Waals surface area contributed by atoms with E-state index in [2.05, 4.69) is 10.3 Å². The third-order valence-electron chi connectivity index (χ3n) is 5.06. The molecule has 3 N–H and O–H groups in total. The highest BCUT2D eigenvalue weighted by Gasteiger charge is 2.27. The van der Waals surface area contributed by atoms with Crippen molar-refractivity contribution in [2.75, 3.05) is 39.4 Å². The van der Waals surface area contributed by atoms with E-state index in [0.29, 0.717) is 44.7 Å². The van der Waals surface area contributed by atoms with Crippen LogP contribution in [0, 0.1) is 5.92 Å². The molecule has 1 atom stereocenters. The van der Waals surface area contributed by atoms with Gasteiger partial charge in [0.15, 0.2) is 5.96 Å². The molecule has 1 saturated carbocycles. The van der Waals surface area contributed by atoms with Crippen LogP contribution in [-0.4, -0.2) is 56.2 Å². The second-order valence-electron chi connectivity index (χ2n) is 6.80. The van der Waals surface area contributed by atoms with Gasteiger partial charge in [-0.3, -0.25) is 9.79 Å². The minimum atomic E-state index is -0.302. The average Bonchev–Trinajstić information content (AvgIpc) is 2.62. The number of nitrogens with one attached hydrogen (secondary N) is 1. The zero-order valence-electron chi connectivity index (χ0n) is 14.7. The third kappa shape index (κ3) is 4.95. The van der Waals surface area contributed by atoms with Gasteiger partial charge in [0.05, 0.1) is 25.7 Å². The number of benzene rings is 1. The van der Waals surface area contributed by atoms with Crippen molar-refractivity contribution in [3.63, 3.8) is 0 Å². The van der Waals surface area contributed by atoms with E-state index in [1.807, 2.05) is 35.2 Å². The number of hydrogen-bond acceptors (Lipinski definition) is 3. The Bertz CT molecular complexity index is 580. The predicted molar refractivity (Wildman–Crippen MR) is 98.4 cm³/mol. The van der Waals surface area contributed by atoms with Crippen molar-refractivity contribution < 1.29 is 9.53 Å². The molecule has 3 rings (SSSR count). The Kier molecular flexibility index (Phi) is 6.28. The van der Waals surface area contributed by atoms with E-state index in [9.17, 15) is 4.79 Å². The van der Waals surface area contributed by atoms with Crippen LogP contribution in [0.2, 0.25) is 0 Å². The fourth-order valence-electron chi connectivity index (χ4n) is 3.21. The quantitative estimate of drug-likeness (QED) is 0.603. The Hall–Kier alpha value is -2.08. The molecule has 25 heavy (non-hydrogen) atoms. The highest BCUT2D eigenvalue weighted by Crippen LogP contribution is 2.25. The number of carbonyl (C=O) groups excluding carboxylic acids is 1. The van der Waals surface area contributed by atoms with Crippen molar-refractivity contribution >= 4 is 11.9 Å². The van der Waals surface area contributed by atoms with E-state index in [1.165, 1.54) is 19.3 Å². The van der Waals surface area contributed by atoms with Gasteiger partial charge < -0.3 is 20.7 Å². The number of carbonyl (C=O) groups is 1. The molecule has 1 saturated heterocycles. The van der Waals surface area contributed by atoms with Gasteiger partial charge in [-0.1, -0.05) is 36.8 Å². The maximum Gasteiger partial charge on any atom is 0.232 e. The molecule has 136 valence electrons. The van der Waals surface area contributed by atoms with Crippen LogP contribution in [0.25, 0.3) is 0 Å². The standard InChI is InChI=1S/C19H28N4O2/c20-19(21-13-15-5-4-6-15)22-14-17(16-7-2-1-3-8-16)18(24)23-9-11-25-12-10-23/h1-3,7-8,15,17H,4-6,9-14H2,(H3,20,21,22)/t17-/m1/s1. The Labute approximate surface area is 149 Å². The lowest BCUT2D eigenvalue weighted by Gasteiger charge is -2.30. The summed E-state index contributed by atoms with van der Waals surface area (Å²) in [4.78, 5) is 19.3. The Morgan fingerprint density at radius 3 is 2.64 bits per heavy atom. The van der Waals surface area contributed by atoms with Crippen LogP contribution in [0.15, 0.2) is 35.3 Å². The molecule has 2 aliphatic rings. The third-order valence-corrected chi connectivity index (χ3v) is 5.06. The lowest BCUT2D eigenvalue weighted by atomic mass is 9.85. The highest BCUT2D eigenvalue weighted by atomic mass is 16.5. The van der Waals surface area contributed by atoms with Crippen molar-refractivity contribution in [1.82, 2.24) is 10.2 Å². The van der Waals surface area contributed by atoms with Crippen molar-refractivity contribution in [2.45, 2.75) is 25.2 Å². The summed E-state index contributed by atoms with van der Waals surface area (Å²) < 4.78 is 5.35. The molecule has 0 unspecified atom stereocenters. The van der Waals surface area contributed by atoms with Crippen LogP contribution in [0.3, 0.4) is 0 Å². The minimum Gasteiger partial charge on any atom is -0.378 e. The normalized spacial score (nSPS) is 20.0. The van der Waals surface area contributed by atoms with Crippen molar-refractivity contribution in [1.29, 1.82) is 0 Å². The first-order valence-corrected chi connectivity index (χ1v) is 9.19. The van der Waals surface area contributed by atoms with Gasteiger partial charge in [0, 0.05) is 19.6 Å². The van der Waals surface area contributed by atoms with Crippen molar-refractivity contribution in [2.24, 2.45) is 16.6 Å². The molecule has 1 aliphatic carbocycles. The van der Waals surface area contributed by atoms with E-state index < -0.39 is 0 Å². The minimum absolute atomic E-state index is 0.102. The lowest BCUT2D eigenvalue weighted by molar-refractivity contribution is -0.136. The van der Waals surface area contributed by atoms with Gasteiger partial charge in [-0.05, 0) is 24.3 Å². The lowest BCUT2D eigenvalue weighted by Crippen LogP contribution is -2.44. The SMILES string of the molecule is NC(=NC[C@@H](C(=O)N1CCOCC1)c1ccccc1)NCC1CCC1. The molecule has 1 amide bonds. The van der Waals surface area contributed by atoms with E-state index in [0.717, 1.165) is 12.1 Å².